The van der Waals surface area contributed by atoms with Gasteiger partial charge >= 0.3 is 0 Å². The Morgan fingerprint density at radius 2 is 0.738 bits per heavy atom. The molecule has 0 spiro atoms. The maximum atomic E-state index is 13.1. The fourth-order valence-electron chi connectivity index (χ4n) is 9.96. The summed E-state index contributed by atoms with van der Waals surface area (Å²) in [4.78, 5) is 13.1. The molecule has 0 aromatic heterocycles. The number of carbonyl (C=O) groups excluding carboxylic acids is 1. The van der Waals surface area contributed by atoms with Crippen molar-refractivity contribution in [3.63, 3.8) is 0 Å². The van der Waals surface area contributed by atoms with E-state index in [-0.39, 0.29) is 18.7 Å². The first-order valence-electron chi connectivity index (χ1n) is 28.7. The Labute approximate surface area is 401 Å². The van der Waals surface area contributed by atoms with Crippen molar-refractivity contribution in [1.82, 2.24) is 5.32 Å². The Morgan fingerprint density at radius 1 is 0.431 bits per heavy atom. The monoisotopic (exact) mass is 926 g/mol. The molecule has 0 bridgehead atoms. The summed E-state index contributed by atoms with van der Waals surface area (Å²) in [5.41, 5.74) is 0. The van der Waals surface area contributed by atoms with Gasteiger partial charge in [-0.3, -0.25) is 4.79 Å². The molecule has 1 heterocycles. The van der Waals surface area contributed by atoms with Crippen LogP contribution < -0.4 is 5.32 Å². The van der Waals surface area contributed by atoms with Gasteiger partial charge in [0, 0.05) is 6.42 Å². The number of carbonyl (C=O) groups is 1. The standard InChI is InChI=1S/C56H111NO8/c1-3-5-7-9-11-13-15-17-19-21-22-23-24-25-26-28-30-32-34-36-38-40-42-44-52(60)57-48(45-46-50-54(62)56(64)55(63)51(47-58)65-50)53(61)49(59)43-41-39-37-35-33-31-29-27-20-18-16-14-12-10-8-6-4-2/h48-51,53-56,58-59,61-64H,3-47H2,1-2H3,(H,57,60)/t48-,49+,50+,51+,53-,54-,55-,56+/m0/s1. The average molecular weight is 927 g/mol. The Morgan fingerprint density at radius 3 is 1.08 bits per heavy atom. The van der Waals surface area contributed by atoms with E-state index in [1.165, 1.54) is 218 Å². The van der Waals surface area contributed by atoms with Crippen LogP contribution in [0.15, 0.2) is 0 Å². The van der Waals surface area contributed by atoms with Crippen LogP contribution in [-0.4, -0.2) is 91.9 Å². The molecule has 1 saturated heterocycles. The summed E-state index contributed by atoms with van der Waals surface area (Å²) < 4.78 is 5.71. The predicted molar refractivity (Wildman–Crippen MR) is 272 cm³/mol. The van der Waals surface area contributed by atoms with Crippen LogP contribution in [0.4, 0.5) is 0 Å². The highest BCUT2D eigenvalue weighted by Crippen LogP contribution is 2.26. The zero-order chi connectivity index (χ0) is 47.4. The Balaban J connectivity index is 2.25. The molecular formula is C56H111NO8. The van der Waals surface area contributed by atoms with Crippen molar-refractivity contribution in [2.24, 2.45) is 0 Å². The number of aliphatic hydroxyl groups is 6. The maximum absolute atomic E-state index is 13.1. The minimum atomic E-state index is -1.48. The molecule has 9 nitrogen and oxygen atoms in total. The van der Waals surface area contributed by atoms with Crippen LogP contribution in [-0.2, 0) is 9.53 Å². The second kappa shape index (κ2) is 45.6. The minimum Gasteiger partial charge on any atom is -0.394 e. The van der Waals surface area contributed by atoms with Gasteiger partial charge in [0.05, 0.1) is 31.0 Å². The molecule has 1 aliphatic heterocycles. The summed E-state index contributed by atoms with van der Waals surface area (Å²) in [7, 11) is 0. The Kier molecular flexibility index (Phi) is 43.7. The predicted octanol–water partition coefficient (Wildman–Crippen LogP) is 13.2. The van der Waals surface area contributed by atoms with Crippen LogP contribution >= 0.6 is 0 Å². The lowest BCUT2D eigenvalue weighted by Crippen LogP contribution is -2.59. The van der Waals surface area contributed by atoms with E-state index in [2.05, 4.69) is 19.2 Å². The van der Waals surface area contributed by atoms with Crippen molar-refractivity contribution in [3.8, 4) is 0 Å². The third-order valence-electron chi connectivity index (χ3n) is 14.5. The average Bonchev–Trinajstić information content (AvgIpc) is 3.31. The molecule has 0 unspecified atom stereocenters. The van der Waals surface area contributed by atoms with E-state index in [0.29, 0.717) is 12.8 Å². The van der Waals surface area contributed by atoms with Gasteiger partial charge < -0.3 is 40.7 Å². The van der Waals surface area contributed by atoms with Gasteiger partial charge in [0.25, 0.3) is 0 Å². The SMILES string of the molecule is CCCCCCCCCCCCCCCCCCCCCCCCCC(=O)N[C@@H](CC[C@H]1O[C@H](CO)[C@H](O)[C@H](O)[C@H]1O)[C@H](O)[C@H](O)CCCCCCCCCCCCCCCCCCC. The normalized spacial score (nSPS) is 20.3. The number of aliphatic hydroxyl groups excluding tert-OH is 6. The van der Waals surface area contributed by atoms with Crippen LogP contribution in [0.1, 0.15) is 296 Å². The third-order valence-corrected chi connectivity index (χ3v) is 14.5. The number of nitrogens with one attached hydrogen (secondary N) is 1. The van der Waals surface area contributed by atoms with Gasteiger partial charge in [-0.1, -0.05) is 264 Å². The molecule has 0 radical (unpaired) electrons. The van der Waals surface area contributed by atoms with Crippen LogP contribution in [0.25, 0.3) is 0 Å². The molecule has 7 N–H and O–H groups in total. The van der Waals surface area contributed by atoms with Crippen LogP contribution in [0.3, 0.4) is 0 Å². The molecule has 65 heavy (non-hydrogen) atoms. The van der Waals surface area contributed by atoms with Gasteiger partial charge in [0.15, 0.2) is 0 Å². The van der Waals surface area contributed by atoms with E-state index in [9.17, 15) is 35.4 Å². The highest BCUT2D eigenvalue weighted by atomic mass is 16.5. The second-order valence-corrected chi connectivity index (χ2v) is 20.7. The van der Waals surface area contributed by atoms with Gasteiger partial charge in [-0.2, -0.15) is 0 Å². The van der Waals surface area contributed by atoms with Crippen LogP contribution in [0.5, 0.6) is 0 Å². The number of hydrogen-bond acceptors (Lipinski definition) is 8. The first-order valence-corrected chi connectivity index (χ1v) is 28.7. The van der Waals surface area contributed by atoms with E-state index in [4.69, 9.17) is 4.74 Å². The lowest BCUT2D eigenvalue weighted by Gasteiger charge is -2.40. The van der Waals surface area contributed by atoms with Crippen molar-refractivity contribution in [2.45, 2.75) is 345 Å². The van der Waals surface area contributed by atoms with E-state index in [0.717, 1.165) is 38.5 Å². The molecule has 1 aliphatic rings. The molecule has 8 atom stereocenters. The fraction of sp³-hybridized carbons (Fsp3) is 0.982. The first kappa shape index (κ1) is 62.2. The molecule has 0 aromatic rings. The highest BCUT2D eigenvalue weighted by Gasteiger charge is 2.43. The molecule has 1 amide bonds. The molecular weight excluding hydrogens is 815 g/mol. The number of ether oxygens (including phenoxy) is 1. The molecule has 1 rings (SSSR count). The summed E-state index contributed by atoms with van der Waals surface area (Å²) in [6.07, 6.45) is 44.8. The summed E-state index contributed by atoms with van der Waals surface area (Å²) in [5.74, 6) is -0.170. The summed E-state index contributed by atoms with van der Waals surface area (Å²) >= 11 is 0. The number of hydrogen-bond donors (Lipinski definition) is 7. The third kappa shape index (κ3) is 35.0. The van der Waals surface area contributed by atoms with Gasteiger partial charge in [-0.05, 0) is 25.7 Å². The topological polar surface area (TPSA) is 160 Å². The largest absolute Gasteiger partial charge is 0.394 e. The molecule has 0 saturated carbocycles. The van der Waals surface area contributed by atoms with E-state index in [1.54, 1.807) is 0 Å². The zero-order valence-electron chi connectivity index (χ0n) is 42.9. The summed E-state index contributed by atoms with van der Waals surface area (Å²) in [5, 5.41) is 66.1. The highest BCUT2D eigenvalue weighted by molar-refractivity contribution is 5.76. The van der Waals surface area contributed by atoms with Crippen molar-refractivity contribution < 1.29 is 40.2 Å². The second-order valence-electron chi connectivity index (χ2n) is 20.7. The zero-order valence-corrected chi connectivity index (χ0v) is 42.9. The van der Waals surface area contributed by atoms with Gasteiger partial charge in [0.2, 0.25) is 5.91 Å². The van der Waals surface area contributed by atoms with Gasteiger partial charge in [0.1, 0.15) is 24.4 Å². The smallest absolute Gasteiger partial charge is 0.220 e. The molecule has 0 aliphatic carbocycles. The van der Waals surface area contributed by atoms with Crippen molar-refractivity contribution in [2.75, 3.05) is 6.61 Å². The van der Waals surface area contributed by atoms with Gasteiger partial charge in [-0.15, -0.1) is 0 Å². The molecule has 388 valence electrons. The summed E-state index contributed by atoms with van der Waals surface area (Å²) in [6.45, 7) is 4.04. The quantitative estimate of drug-likeness (QED) is 0.0297. The first-order chi connectivity index (χ1) is 31.8. The van der Waals surface area contributed by atoms with Gasteiger partial charge in [-0.25, -0.2) is 0 Å². The molecule has 0 aromatic carbocycles. The van der Waals surface area contributed by atoms with Crippen LogP contribution in [0.2, 0.25) is 0 Å². The minimum absolute atomic E-state index is 0.161. The van der Waals surface area contributed by atoms with Crippen molar-refractivity contribution in [3.05, 3.63) is 0 Å². The summed E-state index contributed by atoms with van der Waals surface area (Å²) in [6, 6.07) is -0.764. The number of rotatable bonds is 49. The van der Waals surface area contributed by atoms with Crippen LogP contribution in [0, 0.1) is 0 Å². The van der Waals surface area contributed by atoms with Crippen molar-refractivity contribution in [1.29, 1.82) is 0 Å². The number of unbranched alkanes of at least 4 members (excludes halogenated alkanes) is 38. The fourth-order valence-corrected chi connectivity index (χ4v) is 9.96. The Bertz CT molecular complexity index is 1000. The molecule has 1 fully saturated rings. The Hall–Kier alpha value is -0.810. The van der Waals surface area contributed by atoms with E-state index >= 15 is 0 Å². The lowest BCUT2D eigenvalue weighted by atomic mass is 9.90. The molecule has 9 heteroatoms. The maximum Gasteiger partial charge on any atom is 0.220 e. The lowest BCUT2D eigenvalue weighted by molar-refractivity contribution is -0.231. The van der Waals surface area contributed by atoms with E-state index in [1.807, 2.05) is 0 Å². The number of amides is 1. The van der Waals surface area contributed by atoms with E-state index < -0.39 is 55.4 Å². The van der Waals surface area contributed by atoms with Crippen molar-refractivity contribution >= 4 is 5.91 Å².